The van der Waals surface area contributed by atoms with Gasteiger partial charge in [0, 0.05) is 44.1 Å². The summed E-state index contributed by atoms with van der Waals surface area (Å²) in [6.45, 7) is 7.83. The Bertz CT molecular complexity index is 792. The van der Waals surface area contributed by atoms with Crippen LogP contribution in [0.5, 0.6) is 0 Å². The minimum Gasteiger partial charge on any atom is -0.374 e. The van der Waals surface area contributed by atoms with Gasteiger partial charge >= 0.3 is 0 Å². The van der Waals surface area contributed by atoms with Crippen molar-refractivity contribution in [2.45, 2.75) is 64.8 Å². The fourth-order valence-electron chi connectivity index (χ4n) is 3.30. The largest absolute Gasteiger partial charge is 0.374 e. The Morgan fingerprint density at radius 2 is 2.15 bits per heavy atom. The van der Waals surface area contributed by atoms with Gasteiger partial charge in [0.15, 0.2) is 5.82 Å². The lowest BCUT2D eigenvalue weighted by atomic mass is 9.96. The van der Waals surface area contributed by atoms with E-state index in [1.165, 1.54) is 17.7 Å². The van der Waals surface area contributed by atoms with E-state index in [9.17, 15) is 4.79 Å². The van der Waals surface area contributed by atoms with Crippen molar-refractivity contribution in [2.24, 2.45) is 0 Å². The first-order valence-electron chi connectivity index (χ1n) is 9.75. The number of benzene rings is 1. The van der Waals surface area contributed by atoms with Gasteiger partial charge in [-0.25, -0.2) is 0 Å². The average Bonchev–Trinajstić information content (AvgIpc) is 3.09. The van der Waals surface area contributed by atoms with Gasteiger partial charge in [0.05, 0.1) is 0 Å². The van der Waals surface area contributed by atoms with E-state index >= 15 is 0 Å². The van der Waals surface area contributed by atoms with Crippen LogP contribution in [0.15, 0.2) is 22.7 Å². The third-order valence-corrected chi connectivity index (χ3v) is 4.92. The average molecular weight is 370 g/mol. The number of hydrogen-bond donors (Lipinski definition) is 1. The molecule has 1 aromatic carbocycles. The zero-order valence-corrected chi connectivity index (χ0v) is 16.8. The first-order valence-corrected chi connectivity index (χ1v) is 9.75. The molecule has 2 aromatic rings. The second-order valence-corrected chi connectivity index (χ2v) is 8.38. The van der Waals surface area contributed by atoms with E-state index in [2.05, 4.69) is 45.6 Å². The normalized spacial score (nSPS) is 14.1. The highest BCUT2D eigenvalue weighted by atomic mass is 16.5. The van der Waals surface area contributed by atoms with Crippen LogP contribution in [0, 0.1) is 0 Å². The van der Waals surface area contributed by atoms with Crippen LogP contribution >= 0.6 is 0 Å². The molecule has 2 heterocycles. The molecule has 1 aliphatic rings. The van der Waals surface area contributed by atoms with Crippen LogP contribution in [0.4, 0.5) is 5.69 Å². The molecule has 0 bridgehead atoms. The molecule has 0 saturated heterocycles. The molecular weight excluding hydrogens is 340 g/mol. The van der Waals surface area contributed by atoms with Crippen LogP contribution in [0.2, 0.25) is 0 Å². The highest BCUT2D eigenvalue weighted by molar-refractivity contribution is 5.75. The lowest BCUT2D eigenvalue weighted by Gasteiger charge is -2.27. The summed E-state index contributed by atoms with van der Waals surface area (Å²) in [4.78, 5) is 18.8. The molecule has 1 aromatic heterocycles. The summed E-state index contributed by atoms with van der Waals surface area (Å²) in [5.74, 6) is 1.37. The Hall–Kier alpha value is -2.37. The molecule has 0 unspecified atom stereocenters. The molecule has 6 heteroatoms. The Kier molecular flexibility index (Phi) is 5.82. The molecule has 0 radical (unpaired) electrons. The molecule has 1 amide bonds. The number of nitrogens with zero attached hydrogens (tertiary/aromatic N) is 3. The molecule has 0 atom stereocenters. The van der Waals surface area contributed by atoms with Gasteiger partial charge in [0.2, 0.25) is 11.8 Å². The summed E-state index contributed by atoms with van der Waals surface area (Å²) in [5.41, 5.74) is 3.72. The summed E-state index contributed by atoms with van der Waals surface area (Å²) in [6.07, 6.45) is 4.09. The molecule has 0 fully saturated rings. The number of nitrogens with one attached hydrogen (secondary N) is 1. The van der Waals surface area contributed by atoms with Crippen molar-refractivity contribution in [1.29, 1.82) is 0 Å². The number of rotatable bonds is 6. The van der Waals surface area contributed by atoms with Crippen LogP contribution in [-0.2, 0) is 29.6 Å². The van der Waals surface area contributed by atoms with Gasteiger partial charge in [-0.1, -0.05) is 38.1 Å². The Morgan fingerprint density at radius 1 is 1.33 bits per heavy atom. The van der Waals surface area contributed by atoms with Crippen LogP contribution in [-0.4, -0.2) is 29.6 Å². The van der Waals surface area contributed by atoms with E-state index in [0.717, 1.165) is 18.5 Å². The molecule has 0 spiro atoms. The summed E-state index contributed by atoms with van der Waals surface area (Å²) in [6, 6.07) is 6.49. The topological polar surface area (TPSA) is 71.3 Å². The first-order chi connectivity index (χ1) is 12.8. The maximum Gasteiger partial charge on any atom is 0.226 e. The number of hydrogen-bond acceptors (Lipinski definition) is 5. The Labute approximate surface area is 161 Å². The van der Waals surface area contributed by atoms with Gasteiger partial charge in [-0.05, 0) is 36.5 Å². The minimum atomic E-state index is -0.122. The Morgan fingerprint density at radius 3 is 2.89 bits per heavy atom. The maximum atomic E-state index is 12.1. The first kappa shape index (κ1) is 19.4. The molecule has 6 nitrogen and oxygen atoms in total. The monoisotopic (exact) mass is 370 g/mol. The molecule has 0 saturated carbocycles. The number of anilines is 1. The third-order valence-electron chi connectivity index (χ3n) is 4.92. The van der Waals surface area contributed by atoms with Crippen molar-refractivity contribution in [1.82, 2.24) is 15.5 Å². The number of fused-ring (bicyclic) bond motifs is 1. The summed E-state index contributed by atoms with van der Waals surface area (Å²) in [5, 5.41) is 7.03. The van der Waals surface area contributed by atoms with Crippen LogP contribution < -0.4 is 10.2 Å². The van der Waals surface area contributed by atoms with E-state index in [0.29, 0.717) is 37.5 Å². The number of aryl methyl sites for hydroxylation is 2. The number of aromatic nitrogens is 2. The number of carbonyl (C=O) groups excluding carboxylic acids is 1. The van der Waals surface area contributed by atoms with Crippen LogP contribution in [0.1, 0.15) is 62.9 Å². The lowest BCUT2D eigenvalue weighted by Crippen LogP contribution is -2.25. The van der Waals surface area contributed by atoms with Crippen molar-refractivity contribution in [2.75, 3.05) is 18.5 Å². The standard InChI is InChI=1S/C21H30N4O2/c1-21(2,3)20-23-19(27-24-20)9-5-8-18(26)22-14-15-10-11-17-16(13-15)7-6-12-25(17)4/h10-11,13H,5-9,12,14H2,1-4H3,(H,22,26). The quantitative estimate of drug-likeness (QED) is 0.844. The van der Waals surface area contributed by atoms with Crippen molar-refractivity contribution < 1.29 is 9.32 Å². The van der Waals surface area contributed by atoms with E-state index in [1.807, 2.05) is 20.8 Å². The summed E-state index contributed by atoms with van der Waals surface area (Å²) in [7, 11) is 2.13. The van der Waals surface area contributed by atoms with Crippen molar-refractivity contribution in [3.05, 3.63) is 41.0 Å². The number of amides is 1. The SMILES string of the molecule is CN1CCCc2cc(CNC(=O)CCCc3nc(C(C)(C)C)no3)ccc21. The fourth-order valence-corrected chi connectivity index (χ4v) is 3.30. The van der Waals surface area contributed by atoms with Crippen molar-refractivity contribution in [3.63, 3.8) is 0 Å². The summed E-state index contributed by atoms with van der Waals surface area (Å²) >= 11 is 0. The smallest absolute Gasteiger partial charge is 0.226 e. The number of carbonyl (C=O) groups is 1. The molecule has 0 aliphatic carbocycles. The minimum absolute atomic E-state index is 0.0559. The molecule has 1 aliphatic heterocycles. The van der Waals surface area contributed by atoms with Crippen molar-refractivity contribution >= 4 is 11.6 Å². The molecular formula is C21H30N4O2. The molecule has 27 heavy (non-hydrogen) atoms. The molecule has 1 N–H and O–H groups in total. The van der Waals surface area contributed by atoms with E-state index < -0.39 is 0 Å². The predicted molar refractivity (Wildman–Crippen MR) is 106 cm³/mol. The molecule has 3 rings (SSSR count). The maximum absolute atomic E-state index is 12.1. The van der Waals surface area contributed by atoms with E-state index in [1.54, 1.807) is 0 Å². The van der Waals surface area contributed by atoms with Gasteiger partial charge in [-0.3, -0.25) is 4.79 Å². The van der Waals surface area contributed by atoms with Gasteiger partial charge in [-0.15, -0.1) is 0 Å². The highest BCUT2D eigenvalue weighted by Gasteiger charge is 2.20. The van der Waals surface area contributed by atoms with Gasteiger partial charge < -0.3 is 14.7 Å². The highest BCUT2D eigenvalue weighted by Crippen LogP contribution is 2.26. The third kappa shape index (κ3) is 5.08. The van der Waals surface area contributed by atoms with Gasteiger partial charge in [-0.2, -0.15) is 4.98 Å². The lowest BCUT2D eigenvalue weighted by molar-refractivity contribution is -0.121. The van der Waals surface area contributed by atoms with Crippen LogP contribution in [0.3, 0.4) is 0 Å². The second-order valence-electron chi connectivity index (χ2n) is 8.38. The predicted octanol–water partition coefficient (Wildman–Crippen LogP) is 3.39. The van der Waals surface area contributed by atoms with E-state index in [4.69, 9.17) is 4.52 Å². The summed E-state index contributed by atoms with van der Waals surface area (Å²) < 4.78 is 5.27. The zero-order valence-electron chi connectivity index (χ0n) is 16.8. The van der Waals surface area contributed by atoms with Gasteiger partial charge in [0.25, 0.3) is 0 Å². The van der Waals surface area contributed by atoms with Crippen LogP contribution in [0.25, 0.3) is 0 Å². The van der Waals surface area contributed by atoms with Crippen molar-refractivity contribution in [3.8, 4) is 0 Å². The fraction of sp³-hybridized carbons (Fsp3) is 0.571. The van der Waals surface area contributed by atoms with Gasteiger partial charge in [0.1, 0.15) is 0 Å². The Balaban J connectivity index is 1.43. The zero-order chi connectivity index (χ0) is 19.4. The van der Waals surface area contributed by atoms with E-state index in [-0.39, 0.29) is 11.3 Å². The second kappa shape index (κ2) is 8.11. The molecule has 146 valence electrons.